The molecule has 0 bridgehead atoms. The maximum atomic E-state index is 14.0. The quantitative estimate of drug-likeness (QED) is 0.181. The van der Waals surface area contributed by atoms with Crippen molar-refractivity contribution in [3.05, 3.63) is 91.0 Å². The van der Waals surface area contributed by atoms with E-state index in [9.17, 15) is 9.59 Å². The Kier molecular flexibility index (Phi) is 9.63. The van der Waals surface area contributed by atoms with Crippen molar-refractivity contribution in [1.82, 2.24) is 0 Å². The van der Waals surface area contributed by atoms with Crippen LogP contribution in [0.3, 0.4) is 0 Å². The van der Waals surface area contributed by atoms with Gasteiger partial charge in [0.25, 0.3) is 0 Å². The second-order valence-electron chi connectivity index (χ2n) is 11.2. The van der Waals surface area contributed by atoms with Gasteiger partial charge in [0.15, 0.2) is 0 Å². The van der Waals surface area contributed by atoms with Gasteiger partial charge in [0, 0.05) is 0 Å². The van der Waals surface area contributed by atoms with Crippen LogP contribution >= 0.6 is 7.26 Å². The first-order chi connectivity index (χ1) is 17.5. The molecule has 4 nitrogen and oxygen atoms in total. The van der Waals surface area contributed by atoms with Crippen LogP contribution in [0.2, 0.25) is 18.1 Å². The standard InChI is InChI=1S/C31H41O4PSi/c1-31(2,3)37(5,6)35-26(23-30(33)34-4)22-25(32)24-36(27-16-10-7-11-17-27,28-18-12-8-13-19-28)29-20-14-9-15-21-29/h7-21,26,36H,22-24H2,1-6H3/t26-/m1/s1. The zero-order chi connectivity index (χ0) is 27.1. The fourth-order valence-electron chi connectivity index (χ4n) is 4.61. The minimum absolute atomic E-state index is 0.0406. The van der Waals surface area contributed by atoms with Crippen LogP contribution in [0, 0.1) is 0 Å². The molecule has 3 aromatic carbocycles. The number of hydrogen-bond donors (Lipinski definition) is 0. The third kappa shape index (κ3) is 7.04. The average molecular weight is 537 g/mol. The number of Topliss-reactive ketones (excluding diaryl/α,β-unsaturated/α-hetero) is 1. The van der Waals surface area contributed by atoms with Gasteiger partial charge in [0.05, 0.1) is 0 Å². The number of carbonyl (C=O) groups is 2. The molecular weight excluding hydrogens is 495 g/mol. The minimum atomic E-state index is -2.71. The van der Waals surface area contributed by atoms with Crippen molar-refractivity contribution in [1.29, 1.82) is 0 Å². The van der Waals surface area contributed by atoms with Crippen LogP contribution in [0.4, 0.5) is 0 Å². The number of benzene rings is 3. The summed E-state index contributed by atoms with van der Waals surface area (Å²) < 4.78 is 11.6. The van der Waals surface area contributed by atoms with E-state index >= 15 is 0 Å². The SMILES string of the molecule is COC(=O)C[C@@H](CC(=O)C[PH](c1ccccc1)(c1ccccc1)c1ccccc1)O[Si](C)(C)C(C)(C)C. The Morgan fingerprint density at radius 1 is 0.757 bits per heavy atom. The van der Waals surface area contributed by atoms with E-state index in [0.29, 0.717) is 6.16 Å². The third-order valence-corrected chi connectivity index (χ3v) is 17.0. The number of methoxy groups -OCH3 is 1. The van der Waals surface area contributed by atoms with Crippen molar-refractivity contribution in [2.75, 3.05) is 13.3 Å². The van der Waals surface area contributed by atoms with Crippen molar-refractivity contribution in [3.8, 4) is 0 Å². The maximum absolute atomic E-state index is 14.0. The molecule has 37 heavy (non-hydrogen) atoms. The number of carbonyl (C=O) groups excluding carboxylic acids is 2. The molecule has 1 atom stereocenters. The predicted molar refractivity (Wildman–Crippen MR) is 160 cm³/mol. The Morgan fingerprint density at radius 2 is 1.16 bits per heavy atom. The molecule has 0 fully saturated rings. The van der Waals surface area contributed by atoms with Crippen LogP contribution in [-0.2, 0) is 18.8 Å². The van der Waals surface area contributed by atoms with Crippen molar-refractivity contribution in [2.24, 2.45) is 0 Å². The van der Waals surface area contributed by atoms with E-state index in [0.717, 1.165) is 0 Å². The summed E-state index contributed by atoms with van der Waals surface area (Å²) in [6.45, 7) is 10.8. The molecule has 3 rings (SSSR count). The first kappa shape index (κ1) is 29.0. The predicted octanol–water partition coefficient (Wildman–Crippen LogP) is 5.63. The fraction of sp³-hybridized carbons (Fsp3) is 0.355. The zero-order valence-corrected chi connectivity index (χ0v) is 25.0. The summed E-state index contributed by atoms with van der Waals surface area (Å²) in [5, 5.41) is 3.53. The molecule has 0 aliphatic rings. The molecule has 0 heterocycles. The van der Waals surface area contributed by atoms with E-state index in [1.165, 1.54) is 23.0 Å². The summed E-state index contributed by atoms with van der Waals surface area (Å²) in [5.41, 5.74) is 0. The number of ketones is 1. The molecule has 0 aliphatic carbocycles. The Morgan fingerprint density at radius 3 is 1.51 bits per heavy atom. The zero-order valence-electron chi connectivity index (χ0n) is 23.0. The summed E-state index contributed by atoms with van der Waals surface area (Å²) in [6.07, 6.45) is 0.146. The summed E-state index contributed by atoms with van der Waals surface area (Å²) >= 11 is 0. The first-order valence-electron chi connectivity index (χ1n) is 12.9. The Bertz CT molecular complexity index is 1060. The molecule has 0 saturated heterocycles. The topological polar surface area (TPSA) is 52.6 Å². The van der Waals surface area contributed by atoms with E-state index in [4.69, 9.17) is 9.16 Å². The normalized spacial score (nSPS) is 13.6. The van der Waals surface area contributed by atoms with E-state index in [1.807, 2.05) is 54.6 Å². The molecule has 0 saturated carbocycles. The summed E-state index contributed by atoms with van der Waals surface area (Å²) in [5.74, 6) is -0.245. The molecule has 0 radical (unpaired) electrons. The van der Waals surface area contributed by atoms with Crippen LogP contribution in [0.25, 0.3) is 0 Å². The molecule has 0 N–H and O–H groups in total. The van der Waals surface area contributed by atoms with Crippen molar-refractivity contribution in [2.45, 2.75) is 57.8 Å². The van der Waals surface area contributed by atoms with Gasteiger partial charge >= 0.3 is 224 Å². The fourth-order valence-corrected chi connectivity index (χ4v) is 10.6. The Balaban J connectivity index is 2.05. The van der Waals surface area contributed by atoms with Crippen molar-refractivity contribution in [3.63, 3.8) is 0 Å². The van der Waals surface area contributed by atoms with Gasteiger partial charge in [-0.3, -0.25) is 0 Å². The van der Waals surface area contributed by atoms with Gasteiger partial charge in [-0.25, -0.2) is 0 Å². The van der Waals surface area contributed by atoms with E-state index in [-0.39, 0.29) is 29.6 Å². The van der Waals surface area contributed by atoms with Crippen LogP contribution in [0.15, 0.2) is 91.0 Å². The molecule has 6 heteroatoms. The van der Waals surface area contributed by atoms with Gasteiger partial charge in [-0.15, -0.1) is 0 Å². The van der Waals surface area contributed by atoms with Gasteiger partial charge < -0.3 is 0 Å². The second-order valence-corrected chi connectivity index (χ2v) is 19.9. The second kappa shape index (κ2) is 12.3. The molecule has 0 unspecified atom stereocenters. The molecule has 0 aromatic heterocycles. The van der Waals surface area contributed by atoms with Gasteiger partial charge in [0.1, 0.15) is 0 Å². The summed E-state index contributed by atoms with van der Waals surface area (Å²) in [6, 6.07) is 31.2. The molecule has 198 valence electrons. The van der Waals surface area contributed by atoms with Gasteiger partial charge in [-0.1, -0.05) is 0 Å². The number of ether oxygens (including phenoxy) is 1. The number of rotatable bonds is 11. The van der Waals surface area contributed by atoms with Crippen LogP contribution in [0.5, 0.6) is 0 Å². The van der Waals surface area contributed by atoms with E-state index < -0.39 is 21.7 Å². The molecule has 0 amide bonds. The van der Waals surface area contributed by atoms with Gasteiger partial charge in [-0.05, 0) is 0 Å². The molecule has 0 spiro atoms. The first-order valence-corrected chi connectivity index (χ1v) is 18.0. The average Bonchev–Trinajstić information content (AvgIpc) is 2.87. The van der Waals surface area contributed by atoms with Crippen molar-refractivity contribution < 1.29 is 18.8 Å². The molecule has 0 aliphatic heterocycles. The van der Waals surface area contributed by atoms with E-state index in [1.54, 1.807) is 0 Å². The van der Waals surface area contributed by atoms with Crippen LogP contribution < -0.4 is 15.9 Å². The summed E-state index contributed by atoms with van der Waals surface area (Å²) in [4.78, 5) is 26.3. The van der Waals surface area contributed by atoms with Gasteiger partial charge in [0.2, 0.25) is 0 Å². The van der Waals surface area contributed by atoms with Gasteiger partial charge in [-0.2, -0.15) is 0 Å². The molecule has 3 aromatic rings. The Hall–Kier alpha value is -2.59. The summed E-state index contributed by atoms with van der Waals surface area (Å²) in [7, 11) is -3.54. The monoisotopic (exact) mass is 536 g/mol. The van der Waals surface area contributed by atoms with E-state index in [2.05, 4.69) is 70.3 Å². The van der Waals surface area contributed by atoms with Crippen molar-refractivity contribution >= 4 is 43.2 Å². The number of esters is 1. The third-order valence-electron chi connectivity index (χ3n) is 7.61. The number of hydrogen-bond acceptors (Lipinski definition) is 4. The van der Waals surface area contributed by atoms with Crippen LogP contribution in [0.1, 0.15) is 33.6 Å². The molecular formula is C31H41O4PSi. The Labute approximate surface area is 223 Å². The van der Waals surface area contributed by atoms with Crippen LogP contribution in [-0.4, -0.2) is 39.4 Å².